The van der Waals surface area contributed by atoms with Crippen LogP contribution in [0.15, 0.2) is 42.9 Å². The minimum absolute atomic E-state index is 0.191. The van der Waals surface area contributed by atoms with Gasteiger partial charge in [-0.3, -0.25) is 15.1 Å². The molecule has 0 spiro atoms. The molecule has 0 bridgehead atoms. The zero-order chi connectivity index (χ0) is 13.2. The van der Waals surface area contributed by atoms with Crippen molar-refractivity contribution >= 4 is 17.5 Å². The smallest absolute Gasteiger partial charge is 0.249 e. The molecule has 0 atom stereocenters. The Labute approximate surface area is 109 Å². The van der Waals surface area contributed by atoms with Gasteiger partial charge in [0.2, 0.25) is 11.9 Å². The van der Waals surface area contributed by atoms with Crippen molar-refractivity contribution in [2.75, 3.05) is 5.32 Å². The number of rotatable bonds is 2. The fraction of sp³-hybridized carbons (Fsp3) is 0.0769. The molecular formula is C13H11N5O. The number of aromatic nitrogens is 4. The third kappa shape index (κ3) is 2.28. The van der Waals surface area contributed by atoms with Crippen LogP contribution in [0.2, 0.25) is 0 Å². The molecule has 3 aromatic rings. The fourth-order valence-corrected chi connectivity index (χ4v) is 1.80. The molecule has 19 heavy (non-hydrogen) atoms. The van der Waals surface area contributed by atoms with Crippen LogP contribution < -0.4 is 5.32 Å². The van der Waals surface area contributed by atoms with Gasteiger partial charge in [0.25, 0.3) is 0 Å². The number of fused-ring (bicyclic) bond motifs is 1. The zero-order valence-electron chi connectivity index (χ0n) is 10.2. The minimum atomic E-state index is -0.191. The van der Waals surface area contributed by atoms with Crippen LogP contribution in [0.25, 0.3) is 16.8 Å². The first-order chi connectivity index (χ1) is 9.22. The van der Waals surface area contributed by atoms with Crippen LogP contribution in [0.5, 0.6) is 0 Å². The van der Waals surface area contributed by atoms with Gasteiger partial charge < -0.3 is 0 Å². The summed E-state index contributed by atoms with van der Waals surface area (Å²) in [6.07, 6.45) is 5.36. The van der Waals surface area contributed by atoms with Gasteiger partial charge in [-0.2, -0.15) is 4.98 Å². The number of carbonyl (C=O) groups is 1. The summed E-state index contributed by atoms with van der Waals surface area (Å²) in [6, 6.07) is 7.64. The highest BCUT2D eigenvalue weighted by atomic mass is 16.1. The Morgan fingerprint density at radius 3 is 2.89 bits per heavy atom. The number of nitrogens with one attached hydrogen (secondary N) is 1. The SMILES string of the molecule is CC(=O)Nc1nc2ccc(-c3cccnc3)cn2n1. The van der Waals surface area contributed by atoms with E-state index in [9.17, 15) is 4.79 Å². The van der Waals surface area contributed by atoms with Crippen molar-refractivity contribution in [3.63, 3.8) is 0 Å². The maximum atomic E-state index is 11.0. The highest BCUT2D eigenvalue weighted by Crippen LogP contribution is 2.18. The van der Waals surface area contributed by atoms with Gasteiger partial charge in [0, 0.05) is 36.6 Å². The lowest BCUT2D eigenvalue weighted by molar-refractivity contribution is -0.114. The molecule has 1 amide bonds. The highest BCUT2D eigenvalue weighted by Gasteiger charge is 2.06. The Balaban J connectivity index is 2.03. The third-order valence-electron chi connectivity index (χ3n) is 2.61. The second-order valence-electron chi connectivity index (χ2n) is 4.08. The zero-order valence-corrected chi connectivity index (χ0v) is 10.2. The van der Waals surface area contributed by atoms with E-state index in [1.54, 1.807) is 16.9 Å². The summed E-state index contributed by atoms with van der Waals surface area (Å²) in [4.78, 5) is 19.2. The molecule has 94 valence electrons. The van der Waals surface area contributed by atoms with Crippen LogP contribution in [0.3, 0.4) is 0 Å². The molecule has 3 rings (SSSR count). The van der Waals surface area contributed by atoms with E-state index in [0.29, 0.717) is 11.6 Å². The molecule has 6 heteroatoms. The van der Waals surface area contributed by atoms with E-state index in [1.165, 1.54) is 6.92 Å². The van der Waals surface area contributed by atoms with E-state index in [-0.39, 0.29) is 5.91 Å². The van der Waals surface area contributed by atoms with Crippen molar-refractivity contribution in [1.29, 1.82) is 0 Å². The number of hydrogen-bond donors (Lipinski definition) is 1. The molecule has 0 aliphatic heterocycles. The minimum Gasteiger partial charge on any atom is -0.293 e. The molecule has 0 fully saturated rings. The number of pyridine rings is 2. The lowest BCUT2D eigenvalue weighted by atomic mass is 10.1. The predicted octanol–water partition coefficient (Wildman–Crippen LogP) is 1.75. The fourth-order valence-electron chi connectivity index (χ4n) is 1.80. The molecule has 0 aliphatic carbocycles. The van der Waals surface area contributed by atoms with Gasteiger partial charge in [-0.15, -0.1) is 5.10 Å². The predicted molar refractivity (Wildman–Crippen MR) is 70.5 cm³/mol. The van der Waals surface area contributed by atoms with Crippen molar-refractivity contribution in [3.8, 4) is 11.1 Å². The molecule has 6 nitrogen and oxygen atoms in total. The Morgan fingerprint density at radius 2 is 2.16 bits per heavy atom. The summed E-state index contributed by atoms with van der Waals surface area (Å²) in [5, 5.41) is 6.75. The normalized spacial score (nSPS) is 10.6. The van der Waals surface area contributed by atoms with Crippen LogP contribution in [0.4, 0.5) is 5.95 Å². The average molecular weight is 253 g/mol. The first-order valence-corrected chi connectivity index (χ1v) is 5.77. The Kier molecular flexibility index (Phi) is 2.68. The van der Waals surface area contributed by atoms with Crippen molar-refractivity contribution in [3.05, 3.63) is 42.9 Å². The van der Waals surface area contributed by atoms with Gasteiger partial charge in [-0.25, -0.2) is 4.52 Å². The van der Waals surface area contributed by atoms with Crippen molar-refractivity contribution in [1.82, 2.24) is 19.6 Å². The van der Waals surface area contributed by atoms with Gasteiger partial charge in [0.15, 0.2) is 5.65 Å². The molecular weight excluding hydrogens is 242 g/mol. The molecule has 0 saturated carbocycles. The summed E-state index contributed by atoms with van der Waals surface area (Å²) in [7, 11) is 0. The average Bonchev–Trinajstić information content (AvgIpc) is 2.79. The van der Waals surface area contributed by atoms with E-state index < -0.39 is 0 Å². The van der Waals surface area contributed by atoms with Crippen LogP contribution in [-0.4, -0.2) is 25.5 Å². The lowest BCUT2D eigenvalue weighted by Gasteiger charge is -2.00. The summed E-state index contributed by atoms with van der Waals surface area (Å²) < 4.78 is 1.63. The number of anilines is 1. The quantitative estimate of drug-likeness (QED) is 0.755. The topological polar surface area (TPSA) is 72.2 Å². The van der Waals surface area contributed by atoms with Crippen LogP contribution in [-0.2, 0) is 4.79 Å². The number of amides is 1. The summed E-state index contributed by atoms with van der Waals surface area (Å²) in [5.74, 6) is 0.110. The number of nitrogens with zero attached hydrogens (tertiary/aromatic N) is 4. The van der Waals surface area contributed by atoms with Gasteiger partial charge in [-0.05, 0) is 18.2 Å². The molecule has 0 aliphatic rings. The van der Waals surface area contributed by atoms with E-state index >= 15 is 0 Å². The first kappa shape index (κ1) is 11.3. The summed E-state index contributed by atoms with van der Waals surface area (Å²) >= 11 is 0. The van der Waals surface area contributed by atoms with Gasteiger partial charge >= 0.3 is 0 Å². The van der Waals surface area contributed by atoms with Crippen molar-refractivity contribution in [2.24, 2.45) is 0 Å². The van der Waals surface area contributed by atoms with Crippen LogP contribution >= 0.6 is 0 Å². The highest BCUT2D eigenvalue weighted by molar-refractivity contribution is 5.86. The lowest BCUT2D eigenvalue weighted by Crippen LogP contribution is -2.07. The van der Waals surface area contributed by atoms with Crippen LogP contribution in [0, 0.1) is 0 Å². The molecule has 3 aromatic heterocycles. The van der Waals surface area contributed by atoms with Crippen LogP contribution in [0.1, 0.15) is 6.92 Å². The Morgan fingerprint density at radius 1 is 1.26 bits per heavy atom. The molecule has 0 unspecified atom stereocenters. The number of hydrogen-bond acceptors (Lipinski definition) is 4. The Bertz CT molecular complexity index is 735. The second kappa shape index (κ2) is 4.49. The molecule has 1 N–H and O–H groups in total. The maximum absolute atomic E-state index is 11.0. The van der Waals surface area contributed by atoms with E-state index in [0.717, 1.165) is 11.1 Å². The van der Waals surface area contributed by atoms with Crippen molar-refractivity contribution < 1.29 is 4.79 Å². The molecule has 3 heterocycles. The van der Waals surface area contributed by atoms with Gasteiger partial charge in [0.1, 0.15) is 0 Å². The van der Waals surface area contributed by atoms with Gasteiger partial charge in [0.05, 0.1) is 0 Å². The summed E-state index contributed by atoms with van der Waals surface area (Å²) in [5.41, 5.74) is 2.66. The second-order valence-corrected chi connectivity index (χ2v) is 4.08. The van der Waals surface area contributed by atoms with E-state index in [4.69, 9.17) is 0 Å². The van der Waals surface area contributed by atoms with Crippen molar-refractivity contribution in [2.45, 2.75) is 6.92 Å². The largest absolute Gasteiger partial charge is 0.293 e. The number of carbonyl (C=O) groups excluding carboxylic acids is 1. The standard InChI is InChI=1S/C13H11N5O/c1-9(19)15-13-16-12-5-4-11(8-18(12)17-13)10-3-2-6-14-7-10/h2-8H,1H3,(H,15,17,19). The van der Waals surface area contributed by atoms with Gasteiger partial charge in [-0.1, -0.05) is 6.07 Å². The third-order valence-corrected chi connectivity index (χ3v) is 2.61. The monoisotopic (exact) mass is 253 g/mol. The molecule has 0 aromatic carbocycles. The summed E-state index contributed by atoms with van der Waals surface area (Å²) in [6.45, 7) is 1.42. The molecule has 0 saturated heterocycles. The maximum Gasteiger partial charge on any atom is 0.249 e. The first-order valence-electron chi connectivity index (χ1n) is 5.77. The van der Waals surface area contributed by atoms with E-state index in [1.807, 2.05) is 30.5 Å². The van der Waals surface area contributed by atoms with E-state index in [2.05, 4.69) is 20.4 Å². The molecule has 0 radical (unpaired) electrons. The Hall–Kier alpha value is -2.76.